The Morgan fingerprint density at radius 3 is 2.78 bits per heavy atom. The number of rotatable bonds is 6. The summed E-state index contributed by atoms with van der Waals surface area (Å²) in [5.74, 6) is 0.397. The van der Waals surface area contributed by atoms with E-state index in [2.05, 4.69) is 25.9 Å². The molecule has 1 aliphatic heterocycles. The number of nitrogens with zero attached hydrogens (tertiary/aromatic N) is 3. The number of aliphatic imine (C=N–C) groups is 1. The largest absolute Gasteiger partial charge is 0.356 e. The maximum atomic E-state index is 11.4. The molecule has 9 heteroatoms. The predicted molar refractivity (Wildman–Crippen MR) is 87.4 cm³/mol. The third kappa shape index (κ3) is 5.10. The summed E-state index contributed by atoms with van der Waals surface area (Å²) in [4.78, 5) is 32.1. The van der Waals surface area contributed by atoms with Crippen molar-refractivity contribution in [3.8, 4) is 0 Å². The molecule has 0 unspecified atom stereocenters. The molecule has 0 atom stereocenters. The number of halogens is 1. The summed E-state index contributed by atoms with van der Waals surface area (Å²) in [7, 11) is 1.66. The lowest BCUT2D eigenvalue weighted by Crippen LogP contribution is -2.43. The Hall–Kier alpha value is -2.35. The first-order chi connectivity index (χ1) is 11.1. The molecule has 1 saturated heterocycles. The van der Waals surface area contributed by atoms with E-state index in [1.807, 2.05) is 6.07 Å². The van der Waals surface area contributed by atoms with Crippen molar-refractivity contribution < 1.29 is 9.59 Å². The van der Waals surface area contributed by atoms with Crippen molar-refractivity contribution in [1.82, 2.24) is 25.8 Å². The minimum absolute atomic E-state index is 0.0704. The molecule has 3 N–H and O–H groups in total. The molecule has 0 aromatic carbocycles. The molecule has 1 aromatic rings. The van der Waals surface area contributed by atoms with Crippen LogP contribution in [-0.2, 0) is 11.2 Å². The number of urea groups is 1. The van der Waals surface area contributed by atoms with Crippen molar-refractivity contribution in [1.29, 1.82) is 0 Å². The quantitative estimate of drug-likeness (QED) is 0.293. The van der Waals surface area contributed by atoms with Gasteiger partial charge in [-0.3, -0.25) is 14.7 Å². The van der Waals surface area contributed by atoms with Crippen molar-refractivity contribution in [2.45, 2.75) is 6.42 Å². The summed E-state index contributed by atoms with van der Waals surface area (Å²) in [5.41, 5.74) is 1.07. The van der Waals surface area contributed by atoms with Gasteiger partial charge in [0.25, 0.3) is 0 Å². The van der Waals surface area contributed by atoms with Gasteiger partial charge in [0.15, 0.2) is 5.96 Å². The zero-order valence-electron chi connectivity index (χ0n) is 12.8. The van der Waals surface area contributed by atoms with Gasteiger partial charge >= 0.3 is 6.03 Å². The van der Waals surface area contributed by atoms with Crippen molar-refractivity contribution in [3.63, 3.8) is 0 Å². The highest BCUT2D eigenvalue weighted by atomic mass is 35.5. The molecule has 0 radical (unpaired) electrons. The molecule has 2 rings (SSSR count). The molecule has 124 valence electrons. The van der Waals surface area contributed by atoms with E-state index in [1.165, 1.54) is 4.90 Å². The van der Waals surface area contributed by atoms with Crippen LogP contribution in [-0.4, -0.2) is 61.0 Å². The van der Waals surface area contributed by atoms with Crippen molar-refractivity contribution in [2.24, 2.45) is 4.99 Å². The number of carbonyl (C=O) groups is 2. The molecule has 23 heavy (non-hydrogen) atoms. The summed E-state index contributed by atoms with van der Waals surface area (Å²) < 4.78 is 0. The normalized spacial score (nSPS) is 14.9. The molecule has 1 aromatic heterocycles. The molecule has 0 aliphatic carbocycles. The average Bonchev–Trinajstić information content (AvgIpc) is 2.87. The van der Waals surface area contributed by atoms with Crippen LogP contribution >= 0.6 is 11.6 Å². The average molecular weight is 339 g/mol. The van der Waals surface area contributed by atoms with Crippen LogP contribution in [0.2, 0.25) is 5.15 Å². The number of imide groups is 1. The van der Waals surface area contributed by atoms with E-state index >= 15 is 0 Å². The van der Waals surface area contributed by atoms with Gasteiger partial charge < -0.3 is 16.0 Å². The van der Waals surface area contributed by atoms with Gasteiger partial charge in [-0.2, -0.15) is 0 Å². The van der Waals surface area contributed by atoms with Crippen LogP contribution in [0.15, 0.2) is 23.3 Å². The Kier molecular flexibility index (Phi) is 6.16. The lowest BCUT2D eigenvalue weighted by molar-refractivity contribution is -0.124. The molecule has 3 amide bonds. The zero-order chi connectivity index (χ0) is 16.7. The first-order valence-corrected chi connectivity index (χ1v) is 7.61. The third-order valence-electron chi connectivity index (χ3n) is 3.28. The Balaban J connectivity index is 1.68. The molecule has 0 saturated carbocycles. The van der Waals surface area contributed by atoms with Crippen LogP contribution in [0.1, 0.15) is 5.56 Å². The minimum atomic E-state index is -0.352. The van der Waals surface area contributed by atoms with E-state index in [9.17, 15) is 9.59 Å². The van der Waals surface area contributed by atoms with Crippen LogP contribution in [0.25, 0.3) is 0 Å². The molecule has 2 heterocycles. The number of hydrogen-bond donors (Lipinski definition) is 3. The van der Waals surface area contributed by atoms with E-state index in [0.29, 0.717) is 30.7 Å². The lowest BCUT2D eigenvalue weighted by Gasteiger charge is -2.15. The van der Waals surface area contributed by atoms with Gasteiger partial charge in [0.05, 0.1) is 6.54 Å². The number of guanidine groups is 1. The minimum Gasteiger partial charge on any atom is -0.356 e. The number of amides is 3. The number of pyridine rings is 1. The number of aromatic nitrogens is 1. The molecule has 0 spiro atoms. The molecule has 8 nitrogen and oxygen atoms in total. The van der Waals surface area contributed by atoms with Crippen LogP contribution in [0.4, 0.5) is 4.79 Å². The SMILES string of the molecule is CN=C(NCCc1ccc(Cl)nc1)NCCN1C(=O)CNC1=O. The van der Waals surface area contributed by atoms with Crippen molar-refractivity contribution >= 4 is 29.5 Å². The Bertz CT molecular complexity index is 573. The second-order valence-corrected chi connectivity index (χ2v) is 5.26. The second kappa shape index (κ2) is 8.33. The van der Waals surface area contributed by atoms with E-state index in [-0.39, 0.29) is 18.5 Å². The molecule has 0 bridgehead atoms. The maximum absolute atomic E-state index is 11.4. The van der Waals surface area contributed by atoms with Crippen LogP contribution in [0.3, 0.4) is 0 Å². The molecule has 1 fully saturated rings. The summed E-state index contributed by atoms with van der Waals surface area (Å²) in [6, 6.07) is 3.32. The number of hydrogen-bond acceptors (Lipinski definition) is 4. The number of carbonyl (C=O) groups excluding carboxylic acids is 2. The van der Waals surface area contributed by atoms with Gasteiger partial charge in [-0.15, -0.1) is 0 Å². The fraction of sp³-hybridized carbons (Fsp3) is 0.429. The Morgan fingerprint density at radius 1 is 1.39 bits per heavy atom. The standard InChI is InChI=1S/C14H19ClN6O2/c1-16-13(17-5-4-10-2-3-11(15)19-8-10)18-6-7-21-12(22)9-20-14(21)23/h2-3,8H,4-7,9H2,1H3,(H,20,23)(H2,16,17,18). The highest BCUT2D eigenvalue weighted by Crippen LogP contribution is 2.05. The van der Waals surface area contributed by atoms with Gasteiger partial charge in [0, 0.05) is 32.9 Å². The molecular formula is C14H19ClN6O2. The Labute approximate surface area is 139 Å². The summed E-state index contributed by atoms with van der Waals surface area (Å²) in [5, 5.41) is 9.16. The third-order valence-corrected chi connectivity index (χ3v) is 3.51. The topological polar surface area (TPSA) is 98.7 Å². The van der Waals surface area contributed by atoms with Gasteiger partial charge in [-0.25, -0.2) is 9.78 Å². The maximum Gasteiger partial charge on any atom is 0.324 e. The Morgan fingerprint density at radius 2 is 2.17 bits per heavy atom. The first-order valence-electron chi connectivity index (χ1n) is 7.23. The number of nitrogens with one attached hydrogen (secondary N) is 3. The summed E-state index contributed by atoms with van der Waals surface area (Å²) in [6.07, 6.45) is 2.51. The molecular weight excluding hydrogens is 320 g/mol. The summed E-state index contributed by atoms with van der Waals surface area (Å²) in [6.45, 7) is 1.47. The van der Waals surface area contributed by atoms with Gasteiger partial charge in [0.2, 0.25) is 5.91 Å². The van der Waals surface area contributed by atoms with Crippen LogP contribution < -0.4 is 16.0 Å². The highest BCUT2D eigenvalue weighted by molar-refractivity contribution is 6.29. The fourth-order valence-corrected chi connectivity index (χ4v) is 2.18. The predicted octanol–water partition coefficient (Wildman–Crippen LogP) is -0.00570. The van der Waals surface area contributed by atoms with Crippen molar-refractivity contribution in [3.05, 3.63) is 29.0 Å². The van der Waals surface area contributed by atoms with E-state index in [4.69, 9.17) is 11.6 Å². The highest BCUT2D eigenvalue weighted by Gasteiger charge is 2.27. The first kappa shape index (κ1) is 17.0. The smallest absolute Gasteiger partial charge is 0.324 e. The van der Waals surface area contributed by atoms with Crippen LogP contribution in [0, 0.1) is 0 Å². The summed E-state index contributed by atoms with van der Waals surface area (Å²) >= 11 is 5.74. The van der Waals surface area contributed by atoms with Gasteiger partial charge in [-0.05, 0) is 18.1 Å². The van der Waals surface area contributed by atoms with Gasteiger partial charge in [0.1, 0.15) is 5.15 Å². The lowest BCUT2D eigenvalue weighted by atomic mass is 10.2. The van der Waals surface area contributed by atoms with Gasteiger partial charge in [-0.1, -0.05) is 17.7 Å². The zero-order valence-corrected chi connectivity index (χ0v) is 13.6. The fourth-order valence-electron chi connectivity index (χ4n) is 2.07. The second-order valence-electron chi connectivity index (χ2n) is 4.87. The van der Waals surface area contributed by atoms with E-state index in [1.54, 1.807) is 19.3 Å². The monoisotopic (exact) mass is 338 g/mol. The molecule has 1 aliphatic rings. The van der Waals surface area contributed by atoms with E-state index < -0.39 is 0 Å². The van der Waals surface area contributed by atoms with Crippen LogP contribution in [0.5, 0.6) is 0 Å². The van der Waals surface area contributed by atoms with E-state index in [0.717, 1.165) is 12.0 Å². The van der Waals surface area contributed by atoms with Crippen molar-refractivity contribution in [2.75, 3.05) is 33.2 Å².